The van der Waals surface area contributed by atoms with Crippen molar-refractivity contribution in [2.24, 2.45) is 5.10 Å². The van der Waals surface area contributed by atoms with E-state index in [4.69, 9.17) is 16.3 Å². The SMILES string of the molecule is O=S(=O)(NN=Cc1ccccc1OCc1ccc(F)cc1Cl)c1ccc(F)cc1. The van der Waals surface area contributed by atoms with Gasteiger partial charge in [-0.05, 0) is 48.5 Å². The largest absolute Gasteiger partial charge is 0.488 e. The van der Waals surface area contributed by atoms with Gasteiger partial charge in [0.25, 0.3) is 10.0 Å². The number of halogens is 3. The lowest BCUT2D eigenvalue weighted by atomic mass is 10.2. The van der Waals surface area contributed by atoms with Crippen LogP contribution in [0.15, 0.2) is 76.7 Å². The van der Waals surface area contributed by atoms with Gasteiger partial charge in [-0.1, -0.05) is 29.8 Å². The van der Waals surface area contributed by atoms with Crippen molar-refractivity contribution in [1.29, 1.82) is 0 Å². The van der Waals surface area contributed by atoms with Crippen LogP contribution in [0.1, 0.15) is 11.1 Å². The number of hydrogen-bond acceptors (Lipinski definition) is 4. The van der Waals surface area contributed by atoms with Crippen molar-refractivity contribution in [2.75, 3.05) is 0 Å². The van der Waals surface area contributed by atoms with Gasteiger partial charge in [0.15, 0.2) is 0 Å². The number of rotatable bonds is 7. The molecule has 0 saturated heterocycles. The van der Waals surface area contributed by atoms with Crippen LogP contribution in [-0.4, -0.2) is 14.6 Å². The topological polar surface area (TPSA) is 67.8 Å². The molecule has 0 atom stereocenters. The molecule has 0 aromatic heterocycles. The maximum Gasteiger partial charge on any atom is 0.276 e. The highest BCUT2D eigenvalue weighted by Crippen LogP contribution is 2.22. The average Bonchev–Trinajstić information content (AvgIpc) is 2.68. The van der Waals surface area contributed by atoms with E-state index in [0.717, 1.165) is 24.3 Å². The molecule has 0 aliphatic heterocycles. The van der Waals surface area contributed by atoms with Gasteiger partial charge in [-0.2, -0.15) is 13.5 Å². The standard InChI is InChI=1S/C20H15ClF2N2O3S/c21-19-11-17(23)6-5-15(19)13-28-20-4-2-1-3-14(20)12-24-25-29(26,27)18-9-7-16(22)8-10-18/h1-12,25H,13H2. The summed E-state index contributed by atoms with van der Waals surface area (Å²) >= 11 is 5.99. The summed E-state index contributed by atoms with van der Waals surface area (Å²) in [6.45, 7) is 0.0886. The van der Waals surface area contributed by atoms with Crippen LogP contribution in [0.25, 0.3) is 0 Å². The maximum absolute atomic E-state index is 13.1. The summed E-state index contributed by atoms with van der Waals surface area (Å²) in [5.41, 5.74) is 1.10. The highest BCUT2D eigenvalue weighted by Gasteiger charge is 2.12. The normalized spacial score (nSPS) is 11.6. The molecule has 0 heterocycles. The van der Waals surface area contributed by atoms with Crippen LogP contribution >= 0.6 is 11.6 Å². The van der Waals surface area contributed by atoms with Gasteiger partial charge < -0.3 is 4.74 Å². The molecule has 0 amide bonds. The summed E-state index contributed by atoms with van der Waals surface area (Å²) in [5, 5.41) is 3.98. The molecule has 0 bridgehead atoms. The van der Waals surface area contributed by atoms with E-state index in [1.807, 2.05) is 0 Å². The fraction of sp³-hybridized carbons (Fsp3) is 0.0500. The number of nitrogens with zero attached hydrogens (tertiary/aromatic N) is 1. The summed E-state index contributed by atoms with van der Waals surface area (Å²) < 4.78 is 56.1. The Morgan fingerprint density at radius 3 is 2.41 bits per heavy atom. The lowest BCUT2D eigenvalue weighted by Gasteiger charge is -2.10. The van der Waals surface area contributed by atoms with Gasteiger partial charge in [0.1, 0.15) is 24.0 Å². The minimum absolute atomic E-state index is 0.0886. The summed E-state index contributed by atoms with van der Waals surface area (Å²) in [6, 6.07) is 15.2. The quantitative estimate of drug-likeness (QED) is 0.437. The van der Waals surface area contributed by atoms with Crippen molar-refractivity contribution in [3.8, 4) is 5.75 Å². The van der Waals surface area contributed by atoms with Crippen molar-refractivity contribution >= 4 is 27.8 Å². The van der Waals surface area contributed by atoms with Gasteiger partial charge in [0.2, 0.25) is 0 Å². The molecule has 1 N–H and O–H groups in total. The van der Waals surface area contributed by atoms with Gasteiger partial charge in [-0.3, -0.25) is 0 Å². The lowest BCUT2D eigenvalue weighted by Crippen LogP contribution is -2.18. The number of ether oxygens (including phenoxy) is 1. The molecular formula is C20H15ClF2N2O3S. The van der Waals surface area contributed by atoms with Gasteiger partial charge in [0, 0.05) is 11.1 Å². The summed E-state index contributed by atoms with van der Waals surface area (Å²) in [6.07, 6.45) is 1.28. The van der Waals surface area contributed by atoms with Crippen LogP contribution in [0.5, 0.6) is 5.75 Å². The zero-order chi connectivity index (χ0) is 20.9. The molecule has 9 heteroatoms. The minimum Gasteiger partial charge on any atom is -0.488 e. The fourth-order valence-electron chi connectivity index (χ4n) is 2.34. The number of sulfonamides is 1. The van der Waals surface area contributed by atoms with E-state index in [1.54, 1.807) is 24.3 Å². The zero-order valence-electron chi connectivity index (χ0n) is 14.8. The van der Waals surface area contributed by atoms with Crippen molar-refractivity contribution < 1.29 is 21.9 Å². The Kier molecular flexibility index (Phi) is 6.46. The predicted octanol–water partition coefficient (Wildman–Crippen LogP) is 4.51. The molecule has 0 aliphatic rings. The van der Waals surface area contributed by atoms with Crippen LogP contribution < -0.4 is 9.57 Å². The molecule has 3 rings (SSSR count). The van der Waals surface area contributed by atoms with E-state index in [9.17, 15) is 17.2 Å². The fourth-order valence-corrected chi connectivity index (χ4v) is 3.36. The Morgan fingerprint density at radius 1 is 1.00 bits per heavy atom. The Bertz CT molecular complexity index is 1140. The second-order valence-corrected chi connectivity index (χ2v) is 7.94. The first-order valence-electron chi connectivity index (χ1n) is 8.31. The van der Waals surface area contributed by atoms with Gasteiger partial charge in [-0.25, -0.2) is 13.6 Å². The third-order valence-electron chi connectivity index (χ3n) is 3.82. The monoisotopic (exact) mass is 436 g/mol. The Morgan fingerprint density at radius 2 is 1.69 bits per heavy atom. The Balaban J connectivity index is 1.70. The van der Waals surface area contributed by atoms with E-state index in [1.165, 1.54) is 24.4 Å². The van der Waals surface area contributed by atoms with Crippen LogP contribution in [0.4, 0.5) is 8.78 Å². The first-order chi connectivity index (χ1) is 13.8. The number of para-hydroxylation sites is 1. The highest BCUT2D eigenvalue weighted by molar-refractivity contribution is 7.89. The van der Waals surface area contributed by atoms with E-state index >= 15 is 0 Å². The first-order valence-corrected chi connectivity index (χ1v) is 10.2. The molecule has 5 nitrogen and oxygen atoms in total. The number of nitrogens with one attached hydrogen (secondary N) is 1. The average molecular weight is 437 g/mol. The predicted molar refractivity (Wildman–Crippen MR) is 106 cm³/mol. The van der Waals surface area contributed by atoms with Crippen molar-refractivity contribution in [3.05, 3.63) is 94.5 Å². The highest BCUT2D eigenvalue weighted by atomic mass is 35.5. The maximum atomic E-state index is 13.1. The molecule has 3 aromatic carbocycles. The smallest absolute Gasteiger partial charge is 0.276 e. The van der Waals surface area contributed by atoms with Crippen molar-refractivity contribution in [2.45, 2.75) is 11.5 Å². The van der Waals surface area contributed by atoms with Gasteiger partial charge in [-0.15, -0.1) is 0 Å². The molecule has 29 heavy (non-hydrogen) atoms. The second-order valence-electron chi connectivity index (χ2n) is 5.87. The molecule has 0 radical (unpaired) electrons. The van der Waals surface area contributed by atoms with E-state index in [-0.39, 0.29) is 16.5 Å². The van der Waals surface area contributed by atoms with E-state index in [0.29, 0.717) is 16.9 Å². The number of benzene rings is 3. The Hall–Kier alpha value is -2.97. The first kappa shape index (κ1) is 20.8. The number of hydrogen-bond donors (Lipinski definition) is 1. The molecule has 0 spiro atoms. The minimum atomic E-state index is -3.93. The van der Waals surface area contributed by atoms with Crippen molar-refractivity contribution in [3.63, 3.8) is 0 Å². The van der Waals surface area contributed by atoms with Crippen LogP contribution in [0, 0.1) is 11.6 Å². The van der Waals surface area contributed by atoms with Gasteiger partial charge in [0.05, 0.1) is 16.1 Å². The Labute approximate surface area is 171 Å². The van der Waals surface area contributed by atoms with Crippen molar-refractivity contribution in [1.82, 2.24) is 4.83 Å². The molecule has 0 fully saturated rings. The summed E-state index contributed by atoms with van der Waals surface area (Å²) in [4.78, 5) is 1.94. The summed E-state index contributed by atoms with van der Waals surface area (Å²) in [7, 11) is -3.93. The lowest BCUT2D eigenvalue weighted by molar-refractivity contribution is 0.305. The molecule has 0 aliphatic carbocycles. The van der Waals surface area contributed by atoms with Crippen LogP contribution in [-0.2, 0) is 16.6 Å². The second kappa shape index (κ2) is 9.02. The summed E-state index contributed by atoms with van der Waals surface area (Å²) in [5.74, 6) is -0.558. The van der Waals surface area contributed by atoms with Crippen LogP contribution in [0.2, 0.25) is 5.02 Å². The van der Waals surface area contributed by atoms with Crippen LogP contribution in [0.3, 0.4) is 0 Å². The molecule has 0 saturated carbocycles. The third kappa shape index (κ3) is 5.52. The third-order valence-corrected chi connectivity index (χ3v) is 5.41. The van der Waals surface area contributed by atoms with E-state index in [2.05, 4.69) is 9.93 Å². The molecular weight excluding hydrogens is 422 g/mol. The van der Waals surface area contributed by atoms with Gasteiger partial charge >= 0.3 is 0 Å². The molecule has 150 valence electrons. The van der Waals surface area contributed by atoms with E-state index < -0.39 is 21.7 Å². The zero-order valence-corrected chi connectivity index (χ0v) is 16.4. The molecule has 0 unspecified atom stereocenters. The molecule has 3 aromatic rings. The number of hydrazone groups is 1.